The zero-order chi connectivity index (χ0) is 27.7. The van der Waals surface area contributed by atoms with Crippen molar-refractivity contribution in [1.82, 2.24) is 19.5 Å². The summed E-state index contributed by atoms with van der Waals surface area (Å²) in [6.07, 6.45) is 1.43. The minimum Gasteiger partial charge on any atom is -0.492 e. The molecule has 5 rings (SSSR count). The first kappa shape index (κ1) is 25.4. The summed E-state index contributed by atoms with van der Waals surface area (Å²) in [5, 5.41) is 3.53. The normalized spacial score (nSPS) is 10.9. The maximum atomic E-state index is 14.0. The predicted molar refractivity (Wildman–Crippen MR) is 148 cm³/mol. The van der Waals surface area contributed by atoms with Crippen molar-refractivity contribution in [2.24, 2.45) is 7.05 Å². The summed E-state index contributed by atoms with van der Waals surface area (Å²) in [5.74, 6) is -0.0471. The van der Waals surface area contributed by atoms with Gasteiger partial charge >= 0.3 is 0 Å². The lowest BCUT2D eigenvalue weighted by molar-refractivity contribution is -0.112. The number of benzene rings is 2. The number of hydrogen-bond acceptors (Lipinski definition) is 7. The van der Waals surface area contributed by atoms with Crippen LogP contribution in [0.2, 0.25) is 0 Å². The molecule has 9 nitrogen and oxygen atoms in total. The van der Waals surface area contributed by atoms with E-state index in [1.807, 2.05) is 48.0 Å². The van der Waals surface area contributed by atoms with Gasteiger partial charge in [-0.05, 0) is 48.4 Å². The number of ether oxygens (including phenoxy) is 2. The van der Waals surface area contributed by atoms with Crippen LogP contribution in [-0.4, -0.2) is 32.5 Å². The Kier molecular flexibility index (Phi) is 6.68. The molecule has 0 unspecified atom stereocenters. The molecule has 0 fully saturated rings. The Morgan fingerprint density at radius 1 is 1.03 bits per heavy atom. The first-order valence-corrected chi connectivity index (χ1v) is 11.9. The number of nitrogens with two attached hydrogens (primary N) is 1. The van der Waals surface area contributed by atoms with Crippen LogP contribution < -0.4 is 20.5 Å². The molecule has 3 heterocycles. The number of aromatic nitrogens is 4. The molecule has 0 saturated heterocycles. The number of methoxy groups -OCH3 is 1. The number of carbonyl (C=O) groups is 1. The van der Waals surface area contributed by atoms with E-state index in [4.69, 9.17) is 15.2 Å². The number of rotatable bonds is 7. The van der Waals surface area contributed by atoms with Crippen molar-refractivity contribution < 1.29 is 18.7 Å². The number of fused-ring (bicyclic) bond motifs is 1. The summed E-state index contributed by atoms with van der Waals surface area (Å²) in [6.45, 7) is 5.32. The maximum Gasteiger partial charge on any atom is 0.258 e. The summed E-state index contributed by atoms with van der Waals surface area (Å²) < 4.78 is 26.6. The summed E-state index contributed by atoms with van der Waals surface area (Å²) in [6, 6.07) is 17.7. The maximum absolute atomic E-state index is 14.0. The van der Waals surface area contributed by atoms with Gasteiger partial charge in [-0.3, -0.25) is 4.79 Å². The van der Waals surface area contributed by atoms with Gasteiger partial charge in [0.25, 0.3) is 11.9 Å². The molecule has 39 heavy (non-hydrogen) atoms. The molecule has 0 aliphatic heterocycles. The van der Waals surface area contributed by atoms with Crippen LogP contribution in [0.25, 0.3) is 33.4 Å². The highest BCUT2D eigenvalue weighted by atomic mass is 19.1. The summed E-state index contributed by atoms with van der Waals surface area (Å²) in [5.41, 5.74) is 11.5. The minimum absolute atomic E-state index is 0.0345. The van der Waals surface area contributed by atoms with Crippen LogP contribution in [-0.2, 0) is 11.8 Å². The third-order valence-corrected chi connectivity index (χ3v) is 6.17. The Morgan fingerprint density at radius 3 is 2.36 bits per heavy atom. The van der Waals surface area contributed by atoms with Gasteiger partial charge in [0.2, 0.25) is 5.88 Å². The molecule has 0 atom stereocenters. The number of nitrogen functional groups attached to an aromatic ring is 1. The molecule has 3 N–H and O–H groups in total. The zero-order valence-corrected chi connectivity index (χ0v) is 21.5. The van der Waals surface area contributed by atoms with Crippen molar-refractivity contribution in [2.75, 3.05) is 18.2 Å². The highest BCUT2D eigenvalue weighted by molar-refractivity contribution is 6.08. The summed E-state index contributed by atoms with van der Waals surface area (Å²) in [7, 11) is 3.28. The van der Waals surface area contributed by atoms with Gasteiger partial charge in [-0.15, -0.1) is 0 Å². The molecule has 0 spiro atoms. The van der Waals surface area contributed by atoms with Crippen LogP contribution in [0.5, 0.6) is 17.4 Å². The topological polar surface area (TPSA) is 117 Å². The molecule has 2 aromatic carbocycles. The molecule has 0 radical (unpaired) electrons. The summed E-state index contributed by atoms with van der Waals surface area (Å²) in [4.78, 5) is 24.5. The molecule has 1 amide bonds. The van der Waals surface area contributed by atoms with Crippen molar-refractivity contribution in [3.05, 3.63) is 85.1 Å². The Labute approximate surface area is 223 Å². The number of hydrogen-bond donors (Lipinski definition) is 2. The molecular weight excluding hydrogens is 499 g/mol. The molecule has 0 saturated carbocycles. The van der Waals surface area contributed by atoms with Crippen LogP contribution in [0, 0.1) is 5.95 Å². The number of carbonyl (C=O) groups excluding carboxylic acids is 1. The van der Waals surface area contributed by atoms with Gasteiger partial charge in [-0.2, -0.15) is 9.37 Å². The second kappa shape index (κ2) is 10.3. The number of pyridine rings is 1. The SMILES string of the molecule is C=C(C)C(=O)Nc1ccc(-c2c(-c3ccc(Oc4ccc(OC)c(F)n4)cc3)c3c(N)ncnc3n2C)cc1. The number of amides is 1. The van der Waals surface area contributed by atoms with Gasteiger partial charge in [0, 0.05) is 29.9 Å². The fraction of sp³-hybridized carbons (Fsp3) is 0.103. The monoisotopic (exact) mass is 524 g/mol. The third kappa shape index (κ3) is 4.87. The quantitative estimate of drug-likeness (QED) is 0.206. The van der Waals surface area contributed by atoms with Crippen molar-refractivity contribution in [3.63, 3.8) is 0 Å². The second-order valence-corrected chi connectivity index (χ2v) is 8.82. The Hall–Kier alpha value is -5.25. The molecule has 0 aliphatic carbocycles. The van der Waals surface area contributed by atoms with Gasteiger partial charge in [0.1, 0.15) is 23.5 Å². The van der Waals surface area contributed by atoms with E-state index in [9.17, 15) is 9.18 Å². The Balaban J connectivity index is 1.55. The van der Waals surface area contributed by atoms with Crippen LogP contribution >= 0.6 is 0 Å². The number of nitrogens with one attached hydrogen (secondary N) is 1. The Bertz CT molecular complexity index is 1710. The Morgan fingerprint density at radius 2 is 1.72 bits per heavy atom. The lowest BCUT2D eigenvalue weighted by atomic mass is 9.98. The molecule has 10 heteroatoms. The highest BCUT2D eigenvalue weighted by Gasteiger charge is 2.22. The van der Waals surface area contributed by atoms with Gasteiger partial charge in [-0.25, -0.2) is 9.97 Å². The first-order chi connectivity index (χ1) is 18.8. The molecule has 0 aliphatic rings. The van der Waals surface area contributed by atoms with Crippen molar-refractivity contribution in [3.8, 4) is 39.8 Å². The van der Waals surface area contributed by atoms with Gasteiger partial charge in [0.05, 0.1) is 18.2 Å². The van der Waals surface area contributed by atoms with Crippen LogP contribution in [0.15, 0.2) is 79.1 Å². The van der Waals surface area contributed by atoms with Gasteiger partial charge in [-0.1, -0.05) is 30.8 Å². The largest absolute Gasteiger partial charge is 0.492 e. The van der Waals surface area contributed by atoms with Gasteiger partial charge < -0.3 is 25.1 Å². The molecule has 5 aromatic rings. The fourth-order valence-electron chi connectivity index (χ4n) is 4.27. The fourth-order valence-corrected chi connectivity index (χ4v) is 4.27. The van der Waals surface area contributed by atoms with Crippen molar-refractivity contribution >= 4 is 28.4 Å². The third-order valence-electron chi connectivity index (χ3n) is 6.17. The highest BCUT2D eigenvalue weighted by Crippen LogP contribution is 2.42. The van der Waals surface area contributed by atoms with Crippen molar-refractivity contribution in [1.29, 1.82) is 0 Å². The van der Waals surface area contributed by atoms with Crippen molar-refractivity contribution in [2.45, 2.75) is 6.92 Å². The molecular formula is C29H25FN6O3. The second-order valence-electron chi connectivity index (χ2n) is 8.82. The van der Waals surface area contributed by atoms with Gasteiger partial charge in [0.15, 0.2) is 5.75 Å². The average molecular weight is 525 g/mol. The van der Waals surface area contributed by atoms with Crippen LogP contribution in [0.3, 0.4) is 0 Å². The predicted octanol–water partition coefficient (Wildman–Crippen LogP) is 5.73. The van der Waals surface area contributed by atoms with E-state index in [2.05, 4.69) is 26.8 Å². The number of anilines is 2. The van der Waals surface area contributed by atoms with Crippen LogP contribution in [0.1, 0.15) is 6.92 Å². The molecule has 196 valence electrons. The lowest BCUT2D eigenvalue weighted by Crippen LogP contribution is -2.11. The number of halogens is 1. The zero-order valence-electron chi connectivity index (χ0n) is 21.5. The smallest absolute Gasteiger partial charge is 0.258 e. The first-order valence-electron chi connectivity index (χ1n) is 11.9. The number of nitrogens with zero attached hydrogens (tertiary/aromatic N) is 4. The van der Waals surface area contributed by atoms with E-state index in [0.29, 0.717) is 33.9 Å². The van der Waals surface area contributed by atoms with E-state index < -0.39 is 5.95 Å². The van der Waals surface area contributed by atoms with E-state index in [0.717, 1.165) is 22.4 Å². The van der Waals surface area contributed by atoms with E-state index in [1.54, 1.807) is 19.1 Å². The van der Waals surface area contributed by atoms with E-state index in [1.165, 1.54) is 25.6 Å². The van der Waals surface area contributed by atoms with Crippen LogP contribution in [0.4, 0.5) is 15.9 Å². The average Bonchev–Trinajstić information content (AvgIpc) is 3.23. The standard InChI is InChI=1S/C29H25FN6O3/c1-16(2)29(37)34-19-9-5-18(6-10-19)25-23(24-27(31)32-15-33-28(24)36(25)3)17-7-11-20(12-8-17)39-22-14-13-21(38-4)26(30)35-22/h5-15H,1H2,2-4H3,(H,34,37)(H2,31,32,33). The van der Waals surface area contributed by atoms with E-state index in [-0.39, 0.29) is 17.5 Å². The lowest BCUT2D eigenvalue weighted by Gasteiger charge is -2.11. The molecule has 0 bridgehead atoms. The minimum atomic E-state index is -0.757. The summed E-state index contributed by atoms with van der Waals surface area (Å²) >= 11 is 0. The molecule has 3 aromatic heterocycles. The van der Waals surface area contributed by atoms with E-state index >= 15 is 0 Å². The number of aryl methyl sites for hydroxylation is 1.